The molecule has 0 aromatic rings. The van der Waals surface area contributed by atoms with Crippen LogP contribution < -0.4 is 0 Å². The number of hydrogen-bond donors (Lipinski definition) is 0. The molecule has 0 bridgehead atoms. The van der Waals surface area contributed by atoms with Crippen molar-refractivity contribution in [2.45, 2.75) is 17.7 Å². The van der Waals surface area contributed by atoms with Crippen LogP contribution in [-0.4, -0.2) is 10.6 Å². The molecule has 0 aliphatic rings. The second-order valence-electron chi connectivity index (χ2n) is 2.76. The highest BCUT2D eigenvalue weighted by Gasteiger charge is 2.63. The van der Waals surface area contributed by atoms with Crippen LogP contribution in [0.15, 0.2) is 12.7 Å². The molecular formula is C6H10BrF5S. The van der Waals surface area contributed by atoms with Gasteiger partial charge in [0, 0.05) is 4.83 Å². The molecule has 0 aliphatic heterocycles. The minimum Gasteiger partial charge on any atom is -0.103 e. The van der Waals surface area contributed by atoms with Gasteiger partial charge in [0.05, 0.1) is 5.75 Å². The average Bonchev–Trinajstić information content (AvgIpc) is 1.75. The van der Waals surface area contributed by atoms with Gasteiger partial charge in [-0.3, -0.25) is 0 Å². The summed E-state index contributed by atoms with van der Waals surface area (Å²) in [7, 11) is -9.24. The van der Waals surface area contributed by atoms with Crippen LogP contribution in [0.25, 0.3) is 0 Å². The summed E-state index contributed by atoms with van der Waals surface area (Å²) in [5.74, 6) is -2.05. The number of allylic oxidation sites excluding steroid dienone is 1. The second kappa shape index (κ2) is 3.12. The standard InChI is InChI=1S/C6H10BrF5S/c1-2-3-4-6(7)5-13(8,9,10,11)12/h2,6H,1,3-5H2. The Bertz CT molecular complexity index is 194. The smallest absolute Gasteiger partial charge is 0.103 e. The Morgan fingerprint density at radius 3 is 2.00 bits per heavy atom. The lowest BCUT2D eigenvalue weighted by Gasteiger charge is -2.41. The van der Waals surface area contributed by atoms with Gasteiger partial charge in [-0.1, -0.05) is 41.4 Å². The molecular weight excluding hydrogens is 279 g/mol. The molecule has 0 heterocycles. The molecule has 0 spiro atoms. The summed E-state index contributed by atoms with van der Waals surface area (Å²) in [6.07, 6.45) is 1.68. The highest BCUT2D eigenvalue weighted by molar-refractivity contribution is 9.09. The summed E-state index contributed by atoms with van der Waals surface area (Å²) in [4.78, 5) is -1.23. The van der Waals surface area contributed by atoms with Gasteiger partial charge in [-0.05, 0) is 12.8 Å². The third kappa shape index (κ3) is 10.1. The molecule has 0 saturated carbocycles. The number of alkyl halides is 1. The van der Waals surface area contributed by atoms with Gasteiger partial charge in [0.15, 0.2) is 0 Å². The fourth-order valence-electron chi connectivity index (χ4n) is 0.724. The Kier molecular flexibility index (Phi) is 3.17. The summed E-state index contributed by atoms with van der Waals surface area (Å²) >= 11 is 2.57. The fraction of sp³-hybridized carbons (Fsp3) is 0.667. The van der Waals surface area contributed by atoms with Crippen LogP contribution >= 0.6 is 26.2 Å². The largest absolute Gasteiger partial charge is 0.286 e. The van der Waals surface area contributed by atoms with Crippen LogP contribution in [0.1, 0.15) is 12.8 Å². The molecule has 0 N–H and O–H groups in total. The SMILES string of the molecule is C=CCCC(Br)CS(F)(F)(F)(F)F. The third-order valence-electron chi connectivity index (χ3n) is 1.18. The van der Waals surface area contributed by atoms with E-state index in [0.29, 0.717) is 0 Å². The van der Waals surface area contributed by atoms with Crippen molar-refractivity contribution in [3.05, 3.63) is 12.7 Å². The molecule has 0 radical (unpaired) electrons. The van der Waals surface area contributed by atoms with Crippen molar-refractivity contribution in [2.24, 2.45) is 0 Å². The lowest BCUT2D eigenvalue weighted by Crippen LogP contribution is -2.19. The predicted molar refractivity (Wildman–Crippen MR) is 50.1 cm³/mol. The van der Waals surface area contributed by atoms with Crippen LogP contribution in [0.4, 0.5) is 19.4 Å². The van der Waals surface area contributed by atoms with Gasteiger partial charge in [0.25, 0.3) is 10.2 Å². The normalized spacial score (nSPS) is 20.2. The maximum atomic E-state index is 11.8. The Labute approximate surface area is 82.0 Å². The molecule has 0 rings (SSSR count). The molecule has 0 aliphatic carbocycles. The summed E-state index contributed by atoms with van der Waals surface area (Å²) in [6, 6.07) is 0. The van der Waals surface area contributed by atoms with E-state index in [1.54, 1.807) is 0 Å². The van der Waals surface area contributed by atoms with Gasteiger partial charge in [0.1, 0.15) is 0 Å². The van der Waals surface area contributed by atoms with Crippen LogP contribution in [0.3, 0.4) is 0 Å². The van der Waals surface area contributed by atoms with E-state index in [2.05, 4.69) is 22.5 Å². The van der Waals surface area contributed by atoms with E-state index in [0.717, 1.165) is 0 Å². The molecule has 0 aromatic heterocycles. The van der Waals surface area contributed by atoms with Gasteiger partial charge in [-0.25, -0.2) is 0 Å². The first-order valence-electron chi connectivity index (χ1n) is 3.41. The van der Waals surface area contributed by atoms with Crippen molar-refractivity contribution in [3.8, 4) is 0 Å². The third-order valence-corrected chi connectivity index (χ3v) is 3.42. The van der Waals surface area contributed by atoms with Crippen LogP contribution in [-0.2, 0) is 0 Å². The van der Waals surface area contributed by atoms with E-state index < -0.39 is 20.8 Å². The Hall–Kier alpha value is 0.220. The van der Waals surface area contributed by atoms with Crippen molar-refractivity contribution in [1.82, 2.24) is 0 Å². The lowest BCUT2D eigenvalue weighted by molar-refractivity contribution is 0.362. The maximum Gasteiger partial charge on any atom is 0.286 e. The van der Waals surface area contributed by atoms with Crippen LogP contribution in [0, 0.1) is 0 Å². The molecule has 0 amide bonds. The first kappa shape index (κ1) is 13.2. The van der Waals surface area contributed by atoms with Crippen LogP contribution in [0.2, 0.25) is 0 Å². The number of hydrogen-bond acceptors (Lipinski definition) is 0. The highest BCUT2D eigenvalue weighted by Crippen LogP contribution is 2.98. The topological polar surface area (TPSA) is 0 Å². The molecule has 0 aromatic carbocycles. The number of rotatable bonds is 5. The first-order chi connectivity index (χ1) is 5.43. The Morgan fingerprint density at radius 2 is 1.69 bits per heavy atom. The van der Waals surface area contributed by atoms with E-state index in [-0.39, 0.29) is 12.8 Å². The second-order valence-corrected chi connectivity index (χ2v) is 6.64. The zero-order valence-electron chi connectivity index (χ0n) is 6.66. The molecule has 82 valence electrons. The lowest BCUT2D eigenvalue weighted by atomic mass is 10.2. The van der Waals surface area contributed by atoms with E-state index in [1.165, 1.54) is 6.08 Å². The Balaban J connectivity index is 4.22. The van der Waals surface area contributed by atoms with Gasteiger partial charge < -0.3 is 0 Å². The molecule has 0 saturated heterocycles. The zero-order chi connectivity index (χ0) is 10.8. The van der Waals surface area contributed by atoms with Gasteiger partial charge in [-0.2, -0.15) is 0 Å². The van der Waals surface area contributed by atoms with Gasteiger partial charge in [-0.15, -0.1) is 6.58 Å². The molecule has 13 heavy (non-hydrogen) atoms. The number of halogens is 6. The molecule has 1 atom stereocenters. The van der Waals surface area contributed by atoms with Crippen molar-refractivity contribution >= 4 is 26.2 Å². The first-order valence-corrected chi connectivity index (χ1v) is 6.45. The summed E-state index contributed by atoms with van der Waals surface area (Å²) in [6.45, 7) is 3.28. The average molecular weight is 289 g/mol. The van der Waals surface area contributed by atoms with E-state index in [9.17, 15) is 19.4 Å². The minimum absolute atomic E-state index is 0.00903. The van der Waals surface area contributed by atoms with E-state index >= 15 is 0 Å². The Morgan fingerprint density at radius 1 is 1.23 bits per heavy atom. The highest BCUT2D eigenvalue weighted by atomic mass is 79.9. The maximum absolute atomic E-state index is 11.8. The van der Waals surface area contributed by atoms with Gasteiger partial charge in [0.2, 0.25) is 0 Å². The fourth-order valence-corrected chi connectivity index (χ4v) is 3.34. The van der Waals surface area contributed by atoms with Gasteiger partial charge >= 0.3 is 0 Å². The van der Waals surface area contributed by atoms with Crippen LogP contribution in [0.5, 0.6) is 0 Å². The predicted octanol–water partition coefficient (Wildman–Crippen LogP) is 5.01. The van der Waals surface area contributed by atoms with Crippen molar-refractivity contribution in [3.63, 3.8) is 0 Å². The van der Waals surface area contributed by atoms with E-state index in [4.69, 9.17) is 0 Å². The molecule has 0 nitrogen and oxygen atoms in total. The van der Waals surface area contributed by atoms with Crippen molar-refractivity contribution in [1.29, 1.82) is 0 Å². The van der Waals surface area contributed by atoms with Crippen molar-refractivity contribution < 1.29 is 19.4 Å². The zero-order valence-corrected chi connectivity index (χ0v) is 9.06. The summed E-state index contributed by atoms with van der Waals surface area (Å²) in [5, 5.41) is 0. The monoisotopic (exact) mass is 288 g/mol. The van der Waals surface area contributed by atoms with E-state index in [1.807, 2.05) is 0 Å². The molecule has 0 fully saturated rings. The molecule has 7 heteroatoms. The molecule has 1 unspecified atom stereocenters. The minimum atomic E-state index is -9.24. The van der Waals surface area contributed by atoms with Crippen molar-refractivity contribution in [2.75, 3.05) is 5.75 Å². The summed E-state index contributed by atoms with van der Waals surface area (Å²) < 4.78 is 59.2. The summed E-state index contributed by atoms with van der Waals surface area (Å²) in [5.41, 5.74) is 0. The quantitative estimate of drug-likeness (QED) is 0.379.